The van der Waals surface area contributed by atoms with Crippen molar-refractivity contribution >= 4 is 33.2 Å². The van der Waals surface area contributed by atoms with Crippen molar-refractivity contribution in [2.24, 2.45) is 5.92 Å². The highest BCUT2D eigenvalue weighted by Gasteiger charge is 2.15. The van der Waals surface area contributed by atoms with Gasteiger partial charge in [-0.25, -0.2) is 8.42 Å². The number of hydrogen-bond donors (Lipinski definition) is 2. The Balaban J connectivity index is 2.08. The Hall–Kier alpha value is -2.05. The number of sulfonamides is 1. The van der Waals surface area contributed by atoms with Crippen LogP contribution in [0.4, 0.5) is 5.69 Å². The number of nitrogens with one attached hydrogen (secondary N) is 2. The lowest BCUT2D eigenvalue weighted by molar-refractivity contribution is 0.0952. The van der Waals surface area contributed by atoms with Crippen LogP contribution in [0.3, 0.4) is 0 Å². The van der Waals surface area contributed by atoms with Gasteiger partial charge in [0.15, 0.2) is 0 Å². The Morgan fingerprint density at radius 2 is 1.77 bits per heavy atom. The quantitative estimate of drug-likeness (QED) is 0.738. The molecule has 0 spiro atoms. The maximum atomic E-state index is 12.5. The summed E-state index contributed by atoms with van der Waals surface area (Å²) in [6, 6.07) is 10.8. The van der Waals surface area contributed by atoms with Crippen LogP contribution >= 0.6 is 11.6 Å². The van der Waals surface area contributed by atoms with Gasteiger partial charge in [-0.3, -0.25) is 9.52 Å². The van der Waals surface area contributed by atoms with Gasteiger partial charge in [0.25, 0.3) is 15.9 Å². The van der Waals surface area contributed by atoms with E-state index in [4.69, 9.17) is 11.6 Å². The molecule has 0 unspecified atom stereocenters. The Morgan fingerprint density at radius 3 is 2.35 bits per heavy atom. The molecule has 5 nitrogen and oxygen atoms in total. The molecule has 0 aliphatic rings. The number of carbonyl (C=O) groups excluding carboxylic acids is 1. The second-order valence-electron chi connectivity index (χ2n) is 6.53. The Morgan fingerprint density at radius 1 is 1.12 bits per heavy atom. The van der Waals surface area contributed by atoms with Crippen LogP contribution in [0.2, 0.25) is 5.02 Å². The number of carbonyl (C=O) groups is 1. The second-order valence-corrected chi connectivity index (χ2v) is 8.62. The zero-order chi connectivity index (χ0) is 19.3. The molecule has 0 radical (unpaired) electrons. The lowest BCUT2D eigenvalue weighted by Crippen LogP contribution is -2.25. The molecule has 0 fully saturated rings. The van der Waals surface area contributed by atoms with Gasteiger partial charge in [-0.2, -0.15) is 0 Å². The van der Waals surface area contributed by atoms with Crippen molar-refractivity contribution in [1.82, 2.24) is 5.32 Å². The van der Waals surface area contributed by atoms with E-state index in [0.29, 0.717) is 28.7 Å². The van der Waals surface area contributed by atoms with Gasteiger partial charge in [-0.15, -0.1) is 0 Å². The summed E-state index contributed by atoms with van der Waals surface area (Å²) in [6.07, 6.45) is 0.890. The molecule has 2 rings (SSSR count). The van der Waals surface area contributed by atoms with Gasteiger partial charge < -0.3 is 5.32 Å². The summed E-state index contributed by atoms with van der Waals surface area (Å²) >= 11 is 6.03. The van der Waals surface area contributed by atoms with Gasteiger partial charge in [0.05, 0.1) is 10.6 Å². The molecule has 0 aliphatic carbocycles. The van der Waals surface area contributed by atoms with E-state index in [1.54, 1.807) is 18.2 Å². The molecule has 0 aliphatic heterocycles. The first-order valence-corrected chi connectivity index (χ1v) is 10.2. The molecule has 0 saturated heterocycles. The van der Waals surface area contributed by atoms with Gasteiger partial charge in [0.1, 0.15) is 0 Å². The summed E-state index contributed by atoms with van der Waals surface area (Å²) < 4.78 is 27.4. The van der Waals surface area contributed by atoms with Gasteiger partial charge in [-0.1, -0.05) is 31.5 Å². The van der Waals surface area contributed by atoms with Crippen LogP contribution in [0.15, 0.2) is 47.4 Å². The number of hydrogen-bond acceptors (Lipinski definition) is 3. The number of rotatable bonds is 7. The Labute approximate surface area is 159 Å². The maximum absolute atomic E-state index is 12.5. The number of amides is 1. The average molecular weight is 395 g/mol. The third kappa shape index (κ3) is 5.47. The summed E-state index contributed by atoms with van der Waals surface area (Å²) in [5.74, 6) is 0.289. The van der Waals surface area contributed by atoms with E-state index >= 15 is 0 Å². The van der Waals surface area contributed by atoms with Crippen molar-refractivity contribution in [3.8, 4) is 0 Å². The molecular weight excluding hydrogens is 372 g/mol. The molecule has 2 aromatic rings. The third-order valence-electron chi connectivity index (χ3n) is 3.86. The standard InChI is InChI=1S/C19H23ClN2O3S/c1-13(2)10-11-21-19(23)15-5-8-17(9-6-15)26(24,25)22-16-7-4-14(3)18(20)12-16/h4-9,12-13,22H,10-11H2,1-3H3,(H,21,23). The van der Waals surface area contributed by atoms with Crippen molar-refractivity contribution in [2.75, 3.05) is 11.3 Å². The van der Waals surface area contributed by atoms with Crippen LogP contribution in [0.1, 0.15) is 36.2 Å². The minimum Gasteiger partial charge on any atom is -0.352 e. The van der Waals surface area contributed by atoms with Crippen molar-refractivity contribution in [3.05, 3.63) is 58.6 Å². The summed E-state index contributed by atoms with van der Waals surface area (Å²) in [7, 11) is -3.75. The molecule has 0 heterocycles. The molecule has 0 saturated carbocycles. The highest BCUT2D eigenvalue weighted by atomic mass is 35.5. The van der Waals surface area contributed by atoms with Crippen molar-refractivity contribution in [3.63, 3.8) is 0 Å². The van der Waals surface area contributed by atoms with E-state index in [1.807, 2.05) is 6.92 Å². The van der Waals surface area contributed by atoms with Gasteiger partial charge in [-0.05, 0) is 61.2 Å². The van der Waals surface area contributed by atoms with Gasteiger partial charge in [0.2, 0.25) is 0 Å². The first kappa shape index (κ1) is 20.3. The summed E-state index contributed by atoms with van der Waals surface area (Å²) in [5.41, 5.74) is 1.67. The molecule has 26 heavy (non-hydrogen) atoms. The van der Waals surface area contributed by atoms with E-state index in [0.717, 1.165) is 12.0 Å². The number of benzene rings is 2. The van der Waals surface area contributed by atoms with Crippen LogP contribution in [0.25, 0.3) is 0 Å². The van der Waals surface area contributed by atoms with Crippen LogP contribution in [0.5, 0.6) is 0 Å². The van der Waals surface area contributed by atoms with E-state index in [9.17, 15) is 13.2 Å². The van der Waals surface area contributed by atoms with Crippen molar-refractivity contribution in [2.45, 2.75) is 32.1 Å². The van der Waals surface area contributed by atoms with Crippen LogP contribution < -0.4 is 10.0 Å². The second kappa shape index (κ2) is 8.56. The van der Waals surface area contributed by atoms with Crippen LogP contribution in [-0.2, 0) is 10.0 Å². The highest BCUT2D eigenvalue weighted by molar-refractivity contribution is 7.92. The lowest BCUT2D eigenvalue weighted by Gasteiger charge is -2.10. The van der Waals surface area contributed by atoms with Crippen molar-refractivity contribution < 1.29 is 13.2 Å². The summed E-state index contributed by atoms with van der Waals surface area (Å²) in [6.45, 7) is 6.60. The largest absolute Gasteiger partial charge is 0.352 e. The summed E-state index contributed by atoms with van der Waals surface area (Å²) in [4.78, 5) is 12.1. The molecule has 140 valence electrons. The maximum Gasteiger partial charge on any atom is 0.261 e. The zero-order valence-electron chi connectivity index (χ0n) is 15.0. The lowest BCUT2D eigenvalue weighted by atomic mass is 10.1. The topological polar surface area (TPSA) is 75.3 Å². The smallest absolute Gasteiger partial charge is 0.261 e. The van der Waals surface area contributed by atoms with E-state index < -0.39 is 10.0 Å². The molecule has 2 N–H and O–H groups in total. The third-order valence-corrected chi connectivity index (χ3v) is 5.66. The molecule has 0 atom stereocenters. The Bertz CT molecular complexity index is 878. The van der Waals surface area contributed by atoms with Gasteiger partial charge >= 0.3 is 0 Å². The molecule has 2 aromatic carbocycles. The first-order valence-electron chi connectivity index (χ1n) is 8.36. The van der Waals surface area contributed by atoms with E-state index in [1.165, 1.54) is 24.3 Å². The summed E-state index contributed by atoms with van der Waals surface area (Å²) in [5, 5.41) is 3.31. The minimum atomic E-state index is -3.75. The molecule has 0 bridgehead atoms. The normalized spacial score (nSPS) is 11.4. The van der Waals surface area contributed by atoms with Gasteiger partial charge in [0, 0.05) is 17.1 Å². The van der Waals surface area contributed by atoms with E-state index in [-0.39, 0.29) is 10.8 Å². The zero-order valence-corrected chi connectivity index (χ0v) is 16.6. The number of aryl methyl sites for hydroxylation is 1. The molecule has 1 amide bonds. The fourth-order valence-electron chi connectivity index (χ4n) is 2.23. The minimum absolute atomic E-state index is 0.0768. The molecule has 0 aromatic heterocycles. The van der Waals surface area contributed by atoms with E-state index in [2.05, 4.69) is 23.9 Å². The average Bonchev–Trinajstić information content (AvgIpc) is 2.57. The predicted octanol–water partition coefficient (Wildman–Crippen LogP) is 4.23. The van der Waals surface area contributed by atoms with Crippen LogP contribution in [-0.4, -0.2) is 20.9 Å². The number of anilines is 1. The van der Waals surface area contributed by atoms with Crippen LogP contribution in [0, 0.1) is 12.8 Å². The first-order chi connectivity index (χ1) is 12.2. The number of halogens is 1. The predicted molar refractivity (Wildman–Crippen MR) is 105 cm³/mol. The van der Waals surface area contributed by atoms with Crippen molar-refractivity contribution in [1.29, 1.82) is 0 Å². The molecule has 7 heteroatoms. The Kier molecular flexibility index (Phi) is 6.67. The fourth-order valence-corrected chi connectivity index (χ4v) is 3.46. The highest BCUT2D eigenvalue weighted by Crippen LogP contribution is 2.22. The molecular formula is C19H23ClN2O3S. The monoisotopic (exact) mass is 394 g/mol. The fraction of sp³-hybridized carbons (Fsp3) is 0.316. The SMILES string of the molecule is Cc1ccc(NS(=O)(=O)c2ccc(C(=O)NCCC(C)C)cc2)cc1Cl.